The molecule has 0 aromatic carbocycles. The Morgan fingerprint density at radius 3 is 2.07 bits per heavy atom. The summed E-state index contributed by atoms with van der Waals surface area (Å²) in [7, 11) is 0. The molecule has 0 radical (unpaired) electrons. The van der Waals surface area contributed by atoms with Crippen LogP contribution in [0.5, 0.6) is 0 Å². The average Bonchev–Trinajstić information content (AvgIpc) is 2.17. The van der Waals surface area contributed by atoms with Gasteiger partial charge in [-0.15, -0.1) is 0 Å². The number of amides is 1. The van der Waals surface area contributed by atoms with Crippen molar-refractivity contribution in [2.45, 2.75) is 39.7 Å². The van der Waals surface area contributed by atoms with Crippen LogP contribution in [0.3, 0.4) is 0 Å². The highest BCUT2D eigenvalue weighted by Crippen LogP contribution is 2.13. The molecule has 0 unspecified atom stereocenters. The van der Waals surface area contributed by atoms with Crippen LogP contribution in [0.1, 0.15) is 33.6 Å². The minimum atomic E-state index is -0.374. The third-order valence-electron chi connectivity index (χ3n) is 2.46. The van der Waals surface area contributed by atoms with E-state index in [2.05, 4.69) is 5.32 Å². The molecule has 0 fully saturated rings. The molecular weight excluding hydrogens is 180 g/mol. The Morgan fingerprint density at radius 1 is 1.29 bits per heavy atom. The number of nitrogens with two attached hydrogens (primary N) is 1. The van der Waals surface area contributed by atoms with Gasteiger partial charge in [0.1, 0.15) is 0 Å². The molecule has 0 aliphatic carbocycles. The molecule has 0 spiro atoms. The van der Waals surface area contributed by atoms with Gasteiger partial charge in [-0.1, -0.05) is 26.7 Å². The van der Waals surface area contributed by atoms with Gasteiger partial charge >= 0.3 is 0 Å². The Morgan fingerprint density at radius 2 is 1.79 bits per heavy atom. The predicted molar refractivity (Wildman–Crippen MR) is 55.7 cm³/mol. The van der Waals surface area contributed by atoms with E-state index >= 15 is 0 Å². The maximum Gasteiger partial charge on any atom is 0.234 e. The molecule has 0 bridgehead atoms. The highest BCUT2D eigenvalue weighted by Gasteiger charge is 2.23. The van der Waals surface area contributed by atoms with Gasteiger partial charge in [-0.25, -0.2) is 0 Å². The standard InChI is InChI=1S/C10H20N2O2/c1-4-8(5-2)10(7(3)13)12-9(14)6-11/h8,10H,4-6,11H2,1-3H3,(H,12,14)/t10-/m1/s1. The summed E-state index contributed by atoms with van der Waals surface area (Å²) < 4.78 is 0. The van der Waals surface area contributed by atoms with Crippen molar-refractivity contribution in [2.75, 3.05) is 6.54 Å². The lowest BCUT2D eigenvalue weighted by Gasteiger charge is -2.23. The number of Topliss-reactive ketones (excluding diaryl/α,β-unsaturated/α-hetero) is 1. The maximum absolute atomic E-state index is 11.3. The molecule has 82 valence electrons. The maximum atomic E-state index is 11.3. The number of carbonyl (C=O) groups is 2. The predicted octanol–water partition coefficient (Wildman–Crippen LogP) is 0.455. The second-order valence-electron chi connectivity index (χ2n) is 3.44. The van der Waals surface area contributed by atoms with E-state index in [4.69, 9.17) is 5.73 Å². The molecule has 0 heterocycles. The Kier molecular flexibility index (Phi) is 6.12. The molecule has 3 N–H and O–H groups in total. The van der Waals surface area contributed by atoms with Crippen LogP contribution in [0.25, 0.3) is 0 Å². The zero-order chi connectivity index (χ0) is 11.1. The lowest BCUT2D eigenvalue weighted by atomic mass is 9.91. The molecule has 14 heavy (non-hydrogen) atoms. The lowest BCUT2D eigenvalue weighted by Crippen LogP contribution is -2.46. The van der Waals surface area contributed by atoms with Gasteiger partial charge < -0.3 is 11.1 Å². The quantitative estimate of drug-likeness (QED) is 0.654. The summed E-state index contributed by atoms with van der Waals surface area (Å²) in [4.78, 5) is 22.4. The van der Waals surface area contributed by atoms with Gasteiger partial charge in [0, 0.05) is 0 Å². The van der Waals surface area contributed by atoms with Crippen LogP contribution < -0.4 is 11.1 Å². The van der Waals surface area contributed by atoms with Crippen molar-refractivity contribution in [3.63, 3.8) is 0 Å². The lowest BCUT2D eigenvalue weighted by molar-refractivity contribution is -0.127. The molecule has 0 rings (SSSR count). The Bertz CT molecular complexity index is 200. The monoisotopic (exact) mass is 200 g/mol. The van der Waals surface area contributed by atoms with Gasteiger partial charge in [0.15, 0.2) is 5.78 Å². The normalized spacial score (nSPS) is 12.6. The fourth-order valence-electron chi connectivity index (χ4n) is 1.54. The Balaban J connectivity index is 4.42. The van der Waals surface area contributed by atoms with Gasteiger partial charge in [0.25, 0.3) is 0 Å². The Labute approximate surface area is 85.2 Å². The molecule has 1 atom stereocenters. The SMILES string of the molecule is CCC(CC)[C@H](NC(=O)CN)C(C)=O. The fourth-order valence-corrected chi connectivity index (χ4v) is 1.54. The zero-order valence-corrected chi connectivity index (χ0v) is 9.17. The van der Waals surface area contributed by atoms with Crippen LogP contribution in [0, 0.1) is 5.92 Å². The van der Waals surface area contributed by atoms with E-state index in [1.807, 2.05) is 13.8 Å². The number of rotatable bonds is 6. The van der Waals surface area contributed by atoms with Crippen LogP contribution in [-0.2, 0) is 9.59 Å². The van der Waals surface area contributed by atoms with Crippen LogP contribution in [0.4, 0.5) is 0 Å². The largest absolute Gasteiger partial charge is 0.345 e. The van der Waals surface area contributed by atoms with E-state index in [0.29, 0.717) is 0 Å². The van der Waals surface area contributed by atoms with Crippen LogP contribution >= 0.6 is 0 Å². The first kappa shape index (κ1) is 13.1. The van der Waals surface area contributed by atoms with Gasteiger partial charge in [-0.2, -0.15) is 0 Å². The van der Waals surface area contributed by atoms with E-state index < -0.39 is 0 Å². The number of carbonyl (C=O) groups excluding carboxylic acids is 2. The minimum Gasteiger partial charge on any atom is -0.345 e. The average molecular weight is 200 g/mol. The summed E-state index contributed by atoms with van der Waals surface area (Å²) in [6.07, 6.45) is 1.76. The van der Waals surface area contributed by atoms with Crippen molar-refractivity contribution in [3.05, 3.63) is 0 Å². The first-order valence-corrected chi connectivity index (χ1v) is 5.06. The van der Waals surface area contributed by atoms with Crippen molar-refractivity contribution in [3.8, 4) is 0 Å². The van der Waals surface area contributed by atoms with Crippen molar-refractivity contribution in [2.24, 2.45) is 11.7 Å². The summed E-state index contributed by atoms with van der Waals surface area (Å²) in [5, 5.41) is 2.65. The fraction of sp³-hybridized carbons (Fsp3) is 0.800. The molecule has 0 aromatic rings. The van der Waals surface area contributed by atoms with Crippen molar-refractivity contribution in [1.29, 1.82) is 0 Å². The minimum absolute atomic E-state index is 0.000463. The molecule has 1 amide bonds. The van der Waals surface area contributed by atoms with Gasteiger partial charge in [0.2, 0.25) is 5.91 Å². The van der Waals surface area contributed by atoms with E-state index in [9.17, 15) is 9.59 Å². The second-order valence-corrected chi connectivity index (χ2v) is 3.44. The third kappa shape index (κ3) is 3.87. The van der Waals surface area contributed by atoms with E-state index in [-0.39, 0.29) is 30.2 Å². The van der Waals surface area contributed by atoms with Gasteiger partial charge in [-0.3, -0.25) is 9.59 Å². The summed E-state index contributed by atoms with van der Waals surface area (Å²) in [5.74, 6) is -0.0550. The van der Waals surface area contributed by atoms with Crippen LogP contribution in [0.2, 0.25) is 0 Å². The smallest absolute Gasteiger partial charge is 0.234 e. The van der Waals surface area contributed by atoms with Crippen LogP contribution in [-0.4, -0.2) is 24.3 Å². The topological polar surface area (TPSA) is 72.2 Å². The summed E-state index contributed by atoms with van der Waals surface area (Å²) in [6, 6.07) is -0.374. The van der Waals surface area contributed by atoms with Crippen molar-refractivity contribution in [1.82, 2.24) is 5.32 Å². The molecule has 0 saturated carbocycles. The van der Waals surface area contributed by atoms with Crippen molar-refractivity contribution < 1.29 is 9.59 Å². The number of hydrogen-bond acceptors (Lipinski definition) is 3. The molecule has 0 aliphatic heterocycles. The highest BCUT2D eigenvalue weighted by molar-refractivity contribution is 5.88. The van der Waals surface area contributed by atoms with E-state index in [1.54, 1.807) is 0 Å². The van der Waals surface area contributed by atoms with Crippen LogP contribution in [0.15, 0.2) is 0 Å². The van der Waals surface area contributed by atoms with Gasteiger partial charge in [-0.05, 0) is 12.8 Å². The molecule has 4 heteroatoms. The molecule has 0 aliphatic rings. The first-order valence-electron chi connectivity index (χ1n) is 5.06. The molecule has 0 saturated heterocycles. The number of hydrogen-bond donors (Lipinski definition) is 2. The highest BCUT2D eigenvalue weighted by atomic mass is 16.2. The Hall–Kier alpha value is -0.900. The summed E-state index contributed by atoms with van der Waals surface area (Å²) in [5.41, 5.74) is 5.18. The van der Waals surface area contributed by atoms with Crippen molar-refractivity contribution >= 4 is 11.7 Å². The third-order valence-corrected chi connectivity index (χ3v) is 2.46. The number of nitrogens with one attached hydrogen (secondary N) is 1. The second kappa shape index (κ2) is 6.54. The van der Waals surface area contributed by atoms with E-state index in [0.717, 1.165) is 12.8 Å². The molecular formula is C10H20N2O2. The number of ketones is 1. The zero-order valence-electron chi connectivity index (χ0n) is 9.17. The summed E-state index contributed by atoms with van der Waals surface area (Å²) in [6.45, 7) is 5.46. The summed E-state index contributed by atoms with van der Waals surface area (Å²) >= 11 is 0. The molecule has 4 nitrogen and oxygen atoms in total. The van der Waals surface area contributed by atoms with Gasteiger partial charge in [0.05, 0.1) is 12.6 Å². The first-order chi connectivity index (χ1) is 6.56. The van der Waals surface area contributed by atoms with E-state index in [1.165, 1.54) is 6.92 Å². The molecule has 0 aromatic heterocycles.